The highest BCUT2D eigenvalue weighted by Gasteiger charge is 2.38. The van der Waals surface area contributed by atoms with Crippen molar-refractivity contribution < 1.29 is 18.0 Å². The number of carbonyl (C=O) groups excluding carboxylic acids is 1. The lowest BCUT2D eigenvalue weighted by Gasteiger charge is -2.08. The van der Waals surface area contributed by atoms with Gasteiger partial charge in [0.05, 0.1) is 22.9 Å². The van der Waals surface area contributed by atoms with Gasteiger partial charge >= 0.3 is 12.1 Å². The van der Waals surface area contributed by atoms with E-state index in [1.165, 1.54) is 10.9 Å². The molecule has 0 aliphatic rings. The van der Waals surface area contributed by atoms with E-state index in [4.69, 9.17) is 0 Å². The van der Waals surface area contributed by atoms with E-state index in [1.807, 2.05) is 0 Å². The Morgan fingerprint density at radius 2 is 2.27 bits per heavy atom. The van der Waals surface area contributed by atoms with Gasteiger partial charge in [-0.15, -0.1) is 0 Å². The third-order valence-corrected chi connectivity index (χ3v) is 2.35. The fourth-order valence-corrected chi connectivity index (χ4v) is 1.39. The minimum absolute atomic E-state index is 0.227. The Bertz CT molecular complexity index is 355. The molecule has 0 fully saturated rings. The monoisotopic (exact) mass is 285 g/mol. The molecule has 0 unspecified atom stereocenters. The summed E-state index contributed by atoms with van der Waals surface area (Å²) in [7, 11) is 1.57. The molecule has 0 saturated heterocycles. The summed E-state index contributed by atoms with van der Waals surface area (Å²) >= 11 is 3.10. The van der Waals surface area contributed by atoms with Gasteiger partial charge in [0.15, 0.2) is 0 Å². The highest BCUT2D eigenvalue weighted by atomic mass is 79.9. The summed E-state index contributed by atoms with van der Waals surface area (Å²) in [5.74, 6) is -1.96. The average molecular weight is 286 g/mol. The number of nitrogens with one attached hydrogen (secondary N) is 1. The van der Waals surface area contributed by atoms with Gasteiger partial charge in [-0.2, -0.15) is 18.3 Å². The Morgan fingerprint density at radius 1 is 1.67 bits per heavy atom. The van der Waals surface area contributed by atoms with Gasteiger partial charge in [0, 0.05) is 7.05 Å². The van der Waals surface area contributed by atoms with Gasteiger partial charge < -0.3 is 5.32 Å². The number of aryl methyl sites for hydroxylation is 1. The number of alkyl halides is 3. The van der Waals surface area contributed by atoms with Gasteiger partial charge in [0.1, 0.15) is 0 Å². The molecule has 0 aliphatic carbocycles. The molecule has 0 aromatic carbocycles. The predicted molar refractivity (Wildman–Crippen MR) is 48.8 cm³/mol. The number of halogens is 4. The molecule has 84 valence electrons. The quantitative estimate of drug-likeness (QED) is 0.892. The molecule has 1 rings (SSSR count). The first-order valence-corrected chi connectivity index (χ1v) is 4.63. The van der Waals surface area contributed by atoms with Crippen molar-refractivity contribution in [2.45, 2.75) is 12.7 Å². The van der Waals surface area contributed by atoms with Crippen LogP contribution in [0.2, 0.25) is 0 Å². The van der Waals surface area contributed by atoms with Crippen LogP contribution in [0, 0.1) is 0 Å². The first-order chi connectivity index (χ1) is 6.82. The summed E-state index contributed by atoms with van der Waals surface area (Å²) in [6.45, 7) is -0.227. The Labute approximate surface area is 91.6 Å². The van der Waals surface area contributed by atoms with E-state index in [-0.39, 0.29) is 6.54 Å². The van der Waals surface area contributed by atoms with Crippen molar-refractivity contribution in [1.29, 1.82) is 0 Å². The number of aromatic nitrogens is 2. The van der Waals surface area contributed by atoms with Gasteiger partial charge in [-0.25, -0.2) is 0 Å². The van der Waals surface area contributed by atoms with Crippen molar-refractivity contribution >= 4 is 21.8 Å². The molecule has 1 N–H and O–H groups in total. The van der Waals surface area contributed by atoms with Crippen LogP contribution in [-0.2, 0) is 18.4 Å². The van der Waals surface area contributed by atoms with Crippen molar-refractivity contribution in [1.82, 2.24) is 15.1 Å². The Morgan fingerprint density at radius 3 is 2.67 bits per heavy atom. The molecule has 8 heteroatoms. The van der Waals surface area contributed by atoms with E-state index in [2.05, 4.69) is 21.0 Å². The number of hydrogen-bond acceptors (Lipinski definition) is 2. The molecule has 0 spiro atoms. The predicted octanol–water partition coefficient (Wildman–Crippen LogP) is 1.36. The minimum Gasteiger partial charge on any atom is -0.343 e. The smallest absolute Gasteiger partial charge is 0.343 e. The molecule has 0 saturated carbocycles. The van der Waals surface area contributed by atoms with Crippen LogP contribution in [0.5, 0.6) is 0 Å². The number of carbonyl (C=O) groups is 1. The molecule has 0 bridgehead atoms. The van der Waals surface area contributed by atoms with Crippen molar-refractivity contribution in [3.63, 3.8) is 0 Å². The van der Waals surface area contributed by atoms with Crippen LogP contribution in [0.3, 0.4) is 0 Å². The molecular formula is C7H7BrF3N3O. The van der Waals surface area contributed by atoms with Gasteiger partial charge in [-0.05, 0) is 15.9 Å². The van der Waals surface area contributed by atoms with Gasteiger partial charge in [0.25, 0.3) is 0 Å². The van der Waals surface area contributed by atoms with Crippen LogP contribution < -0.4 is 5.32 Å². The van der Waals surface area contributed by atoms with Crippen LogP contribution in [0.1, 0.15) is 5.69 Å². The number of amides is 1. The van der Waals surface area contributed by atoms with Crippen LogP contribution in [0.25, 0.3) is 0 Å². The fraction of sp³-hybridized carbons (Fsp3) is 0.429. The number of hydrogen-bond donors (Lipinski definition) is 1. The second-order valence-corrected chi connectivity index (χ2v) is 3.60. The standard InChI is InChI=1S/C7H7BrF3N3O/c1-14-5(4(8)2-13-14)3-12-6(15)7(9,10)11/h2H,3H2,1H3,(H,12,15). The molecule has 0 aliphatic heterocycles. The second-order valence-electron chi connectivity index (χ2n) is 2.74. The molecule has 4 nitrogen and oxygen atoms in total. The maximum atomic E-state index is 11.8. The van der Waals surface area contributed by atoms with Crippen LogP contribution in [0.15, 0.2) is 10.7 Å². The maximum Gasteiger partial charge on any atom is 0.471 e. The zero-order valence-electron chi connectivity index (χ0n) is 7.60. The first-order valence-electron chi connectivity index (χ1n) is 3.83. The Balaban J connectivity index is 2.62. The van der Waals surface area contributed by atoms with E-state index < -0.39 is 12.1 Å². The summed E-state index contributed by atoms with van der Waals surface area (Å²) in [5, 5.41) is 5.55. The lowest BCUT2D eigenvalue weighted by atomic mass is 10.4. The average Bonchev–Trinajstić information content (AvgIpc) is 2.41. The third-order valence-electron chi connectivity index (χ3n) is 1.68. The molecule has 1 aromatic heterocycles. The van der Waals surface area contributed by atoms with Crippen molar-refractivity contribution in [3.8, 4) is 0 Å². The third kappa shape index (κ3) is 2.95. The highest BCUT2D eigenvalue weighted by Crippen LogP contribution is 2.17. The van der Waals surface area contributed by atoms with E-state index in [0.29, 0.717) is 10.2 Å². The normalized spacial score (nSPS) is 11.5. The zero-order valence-corrected chi connectivity index (χ0v) is 9.18. The van der Waals surface area contributed by atoms with Gasteiger partial charge in [-0.1, -0.05) is 0 Å². The highest BCUT2D eigenvalue weighted by molar-refractivity contribution is 9.10. The topological polar surface area (TPSA) is 46.9 Å². The molecular weight excluding hydrogens is 279 g/mol. The fourth-order valence-electron chi connectivity index (χ4n) is 0.899. The van der Waals surface area contributed by atoms with Crippen LogP contribution >= 0.6 is 15.9 Å². The van der Waals surface area contributed by atoms with E-state index in [1.54, 1.807) is 12.4 Å². The van der Waals surface area contributed by atoms with E-state index in [9.17, 15) is 18.0 Å². The second kappa shape index (κ2) is 4.21. The van der Waals surface area contributed by atoms with Gasteiger partial charge in [0.2, 0.25) is 0 Å². The summed E-state index contributed by atoms with van der Waals surface area (Å²) in [6.07, 6.45) is -3.42. The van der Waals surface area contributed by atoms with Gasteiger partial charge in [-0.3, -0.25) is 9.48 Å². The van der Waals surface area contributed by atoms with Crippen molar-refractivity contribution in [2.24, 2.45) is 7.05 Å². The molecule has 1 aromatic rings. The van der Waals surface area contributed by atoms with Crippen molar-refractivity contribution in [3.05, 3.63) is 16.4 Å². The Kier molecular flexibility index (Phi) is 3.38. The lowest BCUT2D eigenvalue weighted by Crippen LogP contribution is -2.36. The van der Waals surface area contributed by atoms with Crippen LogP contribution in [0.4, 0.5) is 13.2 Å². The lowest BCUT2D eigenvalue weighted by molar-refractivity contribution is -0.173. The van der Waals surface area contributed by atoms with Crippen molar-refractivity contribution in [2.75, 3.05) is 0 Å². The molecule has 0 atom stereocenters. The summed E-state index contributed by atoms with van der Waals surface area (Å²) in [6, 6.07) is 0. The van der Waals surface area contributed by atoms with Crippen LogP contribution in [-0.4, -0.2) is 21.9 Å². The van der Waals surface area contributed by atoms with E-state index >= 15 is 0 Å². The summed E-state index contributed by atoms with van der Waals surface area (Å²) in [4.78, 5) is 10.5. The zero-order chi connectivity index (χ0) is 11.6. The largest absolute Gasteiger partial charge is 0.471 e. The maximum absolute atomic E-state index is 11.8. The van der Waals surface area contributed by atoms with E-state index in [0.717, 1.165) is 0 Å². The number of rotatable bonds is 2. The molecule has 1 heterocycles. The Hall–Kier alpha value is -1.05. The first kappa shape index (κ1) is 12.0. The summed E-state index contributed by atoms with van der Waals surface area (Å²) in [5.41, 5.74) is 0.465. The summed E-state index contributed by atoms with van der Waals surface area (Å²) < 4.78 is 37.4. The number of nitrogens with zero attached hydrogens (tertiary/aromatic N) is 2. The molecule has 15 heavy (non-hydrogen) atoms. The molecule has 1 amide bonds. The molecule has 0 radical (unpaired) electrons. The SMILES string of the molecule is Cn1ncc(Br)c1CNC(=O)C(F)(F)F. The minimum atomic E-state index is -4.86.